The number of carbonyl (C=O) groups is 2. The quantitative estimate of drug-likeness (QED) is 0.535. The summed E-state index contributed by atoms with van der Waals surface area (Å²) in [7, 11) is 0. The Hall–Kier alpha value is -3.10. The van der Waals surface area contributed by atoms with Gasteiger partial charge in [-0.25, -0.2) is 4.39 Å². The smallest absolute Gasteiger partial charge is 0.416 e. The number of benzene rings is 2. The van der Waals surface area contributed by atoms with E-state index in [9.17, 15) is 27.2 Å². The van der Waals surface area contributed by atoms with E-state index in [2.05, 4.69) is 10.6 Å². The van der Waals surface area contributed by atoms with Gasteiger partial charge in [-0.15, -0.1) is 0 Å². The molecule has 3 aliphatic rings. The van der Waals surface area contributed by atoms with Crippen molar-refractivity contribution in [1.82, 2.24) is 10.6 Å². The number of fused-ring (bicyclic) bond motifs is 3. The average Bonchev–Trinajstić information content (AvgIpc) is 2.82. The molecule has 1 atom stereocenters. The van der Waals surface area contributed by atoms with Crippen molar-refractivity contribution in [3.63, 3.8) is 0 Å². The zero-order valence-corrected chi connectivity index (χ0v) is 19.4. The zero-order chi connectivity index (χ0) is 25.3. The van der Waals surface area contributed by atoms with E-state index >= 15 is 0 Å². The minimum absolute atomic E-state index is 0.0240. The predicted molar refractivity (Wildman–Crippen MR) is 121 cm³/mol. The van der Waals surface area contributed by atoms with Gasteiger partial charge in [0.15, 0.2) is 6.61 Å². The normalized spacial score (nSPS) is 25.7. The molecule has 188 valence electrons. The van der Waals surface area contributed by atoms with Crippen molar-refractivity contribution in [2.24, 2.45) is 11.3 Å². The van der Waals surface area contributed by atoms with Crippen LogP contribution in [-0.2, 0) is 22.3 Å². The third-order valence-electron chi connectivity index (χ3n) is 7.51. The van der Waals surface area contributed by atoms with Crippen molar-refractivity contribution in [3.05, 3.63) is 65.5 Å². The van der Waals surface area contributed by atoms with Crippen molar-refractivity contribution < 1.29 is 31.9 Å². The van der Waals surface area contributed by atoms with Crippen LogP contribution in [0.1, 0.15) is 50.2 Å². The number of hydrogen-bond acceptors (Lipinski definition) is 3. The molecule has 2 bridgehead atoms. The summed E-state index contributed by atoms with van der Waals surface area (Å²) in [5, 5.41) is 6.02. The van der Waals surface area contributed by atoms with Crippen molar-refractivity contribution in [2.45, 2.75) is 57.3 Å². The van der Waals surface area contributed by atoms with Crippen molar-refractivity contribution >= 4 is 11.8 Å². The van der Waals surface area contributed by atoms with Gasteiger partial charge in [0.25, 0.3) is 5.91 Å². The number of hydrogen-bond donors (Lipinski definition) is 2. The van der Waals surface area contributed by atoms with Gasteiger partial charge in [0.2, 0.25) is 5.91 Å². The van der Waals surface area contributed by atoms with Crippen molar-refractivity contribution in [1.29, 1.82) is 0 Å². The molecule has 9 heteroatoms. The second kappa shape index (κ2) is 9.51. The van der Waals surface area contributed by atoms with E-state index in [1.807, 2.05) is 6.92 Å². The topological polar surface area (TPSA) is 67.4 Å². The number of ether oxygens (including phenoxy) is 1. The van der Waals surface area contributed by atoms with Gasteiger partial charge < -0.3 is 15.4 Å². The zero-order valence-electron chi connectivity index (χ0n) is 19.4. The van der Waals surface area contributed by atoms with Crippen LogP contribution in [0.2, 0.25) is 0 Å². The Balaban J connectivity index is 1.30. The van der Waals surface area contributed by atoms with E-state index in [1.165, 1.54) is 36.4 Å². The van der Waals surface area contributed by atoms with Crippen LogP contribution in [0.25, 0.3) is 0 Å². The Morgan fingerprint density at radius 2 is 1.63 bits per heavy atom. The first-order valence-electron chi connectivity index (χ1n) is 11.7. The highest BCUT2D eigenvalue weighted by atomic mass is 19.4. The van der Waals surface area contributed by atoms with Crippen LogP contribution in [0.3, 0.4) is 0 Å². The van der Waals surface area contributed by atoms with Crippen molar-refractivity contribution in [2.75, 3.05) is 6.61 Å². The number of amides is 2. The molecule has 0 heterocycles. The molecule has 2 amide bonds. The van der Waals surface area contributed by atoms with E-state index in [0.29, 0.717) is 43.4 Å². The molecule has 0 saturated heterocycles. The maximum atomic E-state index is 13.2. The lowest BCUT2D eigenvalue weighted by Crippen LogP contribution is -2.63. The summed E-state index contributed by atoms with van der Waals surface area (Å²) in [6.45, 7) is 1.99. The van der Waals surface area contributed by atoms with E-state index in [4.69, 9.17) is 4.74 Å². The molecule has 1 unspecified atom stereocenters. The van der Waals surface area contributed by atoms with Crippen LogP contribution >= 0.6 is 0 Å². The summed E-state index contributed by atoms with van der Waals surface area (Å²) in [6, 6.07) is 10.2. The highest BCUT2D eigenvalue weighted by Gasteiger charge is 2.56. The SMILES string of the molecule is CC1CC2(NC(=O)COc3ccc(F)cc3)CCC1(C(=O)NCc1ccc(C(F)(F)F)cc1)CC2. The van der Waals surface area contributed by atoms with Crippen LogP contribution in [0, 0.1) is 17.2 Å². The van der Waals surface area contributed by atoms with Crippen LogP contribution in [0.15, 0.2) is 48.5 Å². The molecular weight excluding hydrogens is 464 g/mol. The molecular formula is C26H28F4N2O3. The standard InChI is InChI=1S/C26H28F4N2O3/c1-17-14-24(32-22(33)16-35-21-8-6-20(27)7-9-21)10-12-25(17,13-11-24)23(34)31-15-18-2-4-19(5-3-18)26(28,29)30/h2-9,17H,10-16H2,1H3,(H,31,34)(H,32,33). The average molecular weight is 493 g/mol. The molecule has 2 aromatic rings. The van der Waals surface area contributed by atoms with Crippen LogP contribution in [-0.4, -0.2) is 24.0 Å². The molecule has 2 N–H and O–H groups in total. The first-order chi connectivity index (χ1) is 16.5. The van der Waals surface area contributed by atoms with Gasteiger partial charge in [-0.05, 0) is 80.0 Å². The van der Waals surface area contributed by atoms with Gasteiger partial charge >= 0.3 is 6.18 Å². The van der Waals surface area contributed by atoms with Gasteiger partial charge in [0, 0.05) is 12.1 Å². The Bertz CT molecular complexity index is 1060. The molecule has 5 nitrogen and oxygen atoms in total. The van der Waals surface area contributed by atoms with Crippen LogP contribution < -0.4 is 15.4 Å². The number of rotatable bonds is 7. The number of halogens is 4. The third kappa shape index (κ3) is 5.44. The van der Waals surface area contributed by atoms with E-state index in [0.717, 1.165) is 12.1 Å². The molecule has 3 aliphatic carbocycles. The molecule has 3 fully saturated rings. The summed E-state index contributed by atoms with van der Waals surface area (Å²) < 4.78 is 56.7. The van der Waals surface area contributed by atoms with Crippen LogP contribution in [0.5, 0.6) is 5.75 Å². The molecule has 35 heavy (non-hydrogen) atoms. The van der Waals surface area contributed by atoms with Crippen LogP contribution in [0.4, 0.5) is 17.6 Å². The first kappa shape index (κ1) is 25.0. The lowest BCUT2D eigenvalue weighted by molar-refractivity contribution is -0.146. The van der Waals surface area contributed by atoms with E-state index in [1.54, 1.807) is 0 Å². The maximum absolute atomic E-state index is 13.2. The van der Waals surface area contributed by atoms with E-state index < -0.39 is 22.7 Å². The molecule has 2 aromatic carbocycles. The summed E-state index contributed by atoms with van der Waals surface area (Å²) >= 11 is 0. The second-order valence-electron chi connectivity index (χ2n) is 9.71. The predicted octanol–water partition coefficient (Wildman–Crippen LogP) is 4.99. The number of carbonyl (C=O) groups excluding carboxylic acids is 2. The first-order valence-corrected chi connectivity index (χ1v) is 11.7. The van der Waals surface area contributed by atoms with Gasteiger partial charge in [0.05, 0.1) is 11.0 Å². The molecule has 0 spiro atoms. The minimum Gasteiger partial charge on any atom is -0.484 e. The molecule has 3 saturated carbocycles. The van der Waals surface area contributed by atoms with E-state index in [-0.39, 0.29) is 36.7 Å². The van der Waals surface area contributed by atoms with Gasteiger partial charge in [0.1, 0.15) is 11.6 Å². The van der Waals surface area contributed by atoms with Gasteiger partial charge in [-0.3, -0.25) is 9.59 Å². The highest BCUT2D eigenvalue weighted by molar-refractivity contribution is 5.84. The largest absolute Gasteiger partial charge is 0.484 e. The fourth-order valence-corrected chi connectivity index (χ4v) is 5.46. The van der Waals surface area contributed by atoms with Gasteiger partial charge in [-0.2, -0.15) is 13.2 Å². The molecule has 0 aliphatic heterocycles. The summed E-state index contributed by atoms with van der Waals surface area (Å²) in [5.41, 5.74) is -1.06. The number of alkyl halides is 3. The monoisotopic (exact) mass is 492 g/mol. The Morgan fingerprint density at radius 1 is 1.00 bits per heavy atom. The Morgan fingerprint density at radius 3 is 2.20 bits per heavy atom. The van der Waals surface area contributed by atoms with Crippen molar-refractivity contribution in [3.8, 4) is 5.75 Å². The second-order valence-corrected chi connectivity index (χ2v) is 9.71. The summed E-state index contributed by atoms with van der Waals surface area (Å²) in [6.07, 6.45) is -1.18. The lowest BCUT2D eigenvalue weighted by atomic mass is 9.52. The number of nitrogens with one attached hydrogen (secondary N) is 2. The maximum Gasteiger partial charge on any atom is 0.416 e. The van der Waals surface area contributed by atoms with Gasteiger partial charge in [-0.1, -0.05) is 19.1 Å². The lowest BCUT2D eigenvalue weighted by Gasteiger charge is -2.56. The fourth-order valence-electron chi connectivity index (χ4n) is 5.46. The summed E-state index contributed by atoms with van der Waals surface area (Å²) in [4.78, 5) is 25.7. The molecule has 0 radical (unpaired) electrons. The molecule has 5 rings (SSSR count). The Kier molecular flexibility index (Phi) is 6.79. The molecule has 0 aromatic heterocycles. The fraction of sp³-hybridized carbons (Fsp3) is 0.462. The summed E-state index contributed by atoms with van der Waals surface area (Å²) in [5.74, 6) is -0.308. The highest BCUT2D eigenvalue weighted by Crippen LogP contribution is 2.55. The third-order valence-corrected chi connectivity index (χ3v) is 7.51. The minimum atomic E-state index is -4.39. The Labute approximate surface area is 201 Å².